The minimum atomic E-state index is -0.221. The van der Waals surface area contributed by atoms with Gasteiger partial charge in [0.2, 0.25) is 0 Å². The Labute approximate surface area is 198 Å². The smallest absolute Gasteiger partial charge is 0.322 e. The minimum absolute atomic E-state index is 0.168. The number of fused-ring (bicyclic) bond motifs is 1. The third-order valence-electron chi connectivity index (χ3n) is 5.91. The number of aromatic nitrogens is 1. The van der Waals surface area contributed by atoms with E-state index in [4.69, 9.17) is 0 Å². The van der Waals surface area contributed by atoms with Gasteiger partial charge in [0, 0.05) is 29.7 Å². The van der Waals surface area contributed by atoms with Crippen LogP contribution in [0.2, 0.25) is 0 Å². The highest BCUT2D eigenvalue weighted by molar-refractivity contribution is 6.09. The molecule has 4 aromatic rings. The summed E-state index contributed by atoms with van der Waals surface area (Å²) in [4.78, 5) is 31.7. The quantitative estimate of drug-likeness (QED) is 0.408. The summed E-state index contributed by atoms with van der Waals surface area (Å²) in [6.07, 6.45) is 2.36. The van der Waals surface area contributed by atoms with Crippen molar-refractivity contribution in [3.8, 4) is 11.1 Å². The number of urea groups is 1. The van der Waals surface area contributed by atoms with Crippen LogP contribution in [0.25, 0.3) is 11.1 Å². The maximum absolute atomic E-state index is 13.2. The standard InChI is InChI=1S/C28H24N4O2/c1-19-9-11-20(12-10-19)23-6-2-3-7-24(23)27(33)30-22-13-14-25-21(18-22)15-17-32(25)28(34)31-26-8-4-5-16-29-26/h2-14,16,18H,15,17H2,1H3,(H,30,33)(H,29,31,34). The Hall–Kier alpha value is -4.45. The van der Waals surface area contributed by atoms with Gasteiger partial charge in [-0.1, -0.05) is 54.1 Å². The maximum Gasteiger partial charge on any atom is 0.327 e. The fourth-order valence-corrected chi connectivity index (χ4v) is 4.17. The summed E-state index contributed by atoms with van der Waals surface area (Å²) in [5, 5.41) is 5.85. The first kappa shape index (κ1) is 21.4. The van der Waals surface area contributed by atoms with Gasteiger partial charge in [0.15, 0.2) is 0 Å². The van der Waals surface area contributed by atoms with Crippen molar-refractivity contribution in [2.75, 3.05) is 22.1 Å². The van der Waals surface area contributed by atoms with Crippen molar-refractivity contribution in [1.82, 2.24) is 4.98 Å². The fourth-order valence-electron chi connectivity index (χ4n) is 4.17. The number of hydrogen-bond acceptors (Lipinski definition) is 3. The Morgan fingerprint density at radius 1 is 0.882 bits per heavy atom. The van der Waals surface area contributed by atoms with E-state index >= 15 is 0 Å². The molecule has 34 heavy (non-hydrogen) atoms. The van der Waals surface area contributed by atoms with Crippen molar-refractivity contribution in [2.45, 2.75) is 13.3 Å². The maximum atomic E-state index is 13.2. The largest absolute Gasteiger partial charge is 0.327 e. The lowest BCUT2D eigenvalue weighted by molar-refractivity contribution is 0.102. The van der Waals surface area contributed by atoms with E-state index in [0.29, 0.717) is 30.0 Å². The van der Waals surface area contributed by atoms with Gasteiger partial charge in [0.25, 0.3) is 5.91 Å². The number of hydrogen-bond donors (Lipinski definition) is 2. The predicted octanol–water partition coefficient (Wildman–Crippen LogP) is 5.90. The van der Waals surface area contributed by atoms with E-state index in [0.717, 1.165) is 22.4 Å². The van der Waals surface area contributed by atoms with E-state index in [2.05, 4.69) is 15.6 Å². The van der Waals surface area contributed by atoms with Crippen LogP contribution in [0.5, 0.6) is 0 Å². The monoisotopic (exact) mass is 448 g/mol. The van der Waals surface area contributed by atoms with Crippen molar-refractivity contribution in [3.05, 3.63) is 108 Å². The Bertz CT molecular complexity index is 1350. The van der Waals surface area contributed by atoms with Gasteiger partial charge in [-0.15, -0.1) is 0 Å². The van der Waals surface area contributed by atoms with Gasteiger partial charge < -0.3 is 5.32 Å². The van der Waals surface area contributed by atoms with Crippen LogP contribution in [0.3, 0.4) is 0 Å². The Balaban J connectivity index is 1.33. The normalized spacial score (nSPS) is 12.2. The van der Waals surface area contributed by atoms with Gasteiger partial charge in [-0.25, -0.2) is 9.78 Å². The topological polar surface area (TPSA) is 74.3 Å². The van der Waals surface area contributed by atoms with Gasteiger partial charge in [0.1, 0.15) is 5.82 Å². The molecule has 1 aliphatic heterocycles. The first-order valence-corrected chi connectivity index (χ1v) is 11.2. The molecular weight excluding hydrogens is 424 g/mol. The van der Waals surface area contributed by atoms with Crippen LogP contribution in [0.1, 0.15) is 21.5 Å². The molecule has 2 heterocycles. The number of pyridine rings is 1. The lowest BCUT2D eigenvalue weighted by Crippen LogP contribution is -2.33. The fraction of sp³-hybridized carbons (Fsp3) is 0.107. The third kappa shape index (κ3) is 4.38. The van der Waals surface area contributed by atoms with Crippen LogP contribution in [-0.2, 0) is 6.42 Å². The molecule has 0 bridgehead atoms. The minimum Gasteiger partial charge on any atom is -0.322 e. The van der Waals surface area contributed by atoms with E-state index in [1.165, 1.54) is 5.56 Å². The van der Waals surface area contributed by atoms with Crippen LogP contribution in [0.4, 0.5) is 22.0 Å². The van der Waals surface area contributed by atoms with Crippen molar-refractivity contribution in [2.24, 2.45) is 0 Å². The summed E-state index contributed by atoms with van der Waals surface area (Å²) in [5.41, 5.74) is 6.23. The van der Waals surface area contributed by atoms with E-state index in [1.807, 2.05) is 79.7 Å². The van der Waals surface area contributed by atoms with Crippen LogP contribution in [0.15, 0.2) is 91.1 Å². The van der Waals surface area contributed by atoms with E-state index in [-0.39, 0.29) is 11.9 Å². The molecule has 168 valence electrons. The molecule has 1 aliphatic rings. The third-order valence-corrected chi connectivity index (χ3v) is 5.91. The van der Waals surface area contributed by atoms with Crippen molar-refractivity contribution < 1.29 is 9.59 Å². The van der Waals surface area contributed by atoms with E-state index in [9.17, 15) is 9.59 Å². The van der Waals surface area contributed by atoms with E-state index < -0.39 is 0 Å². The number of aryl methyl sites for hydroxylation is 1. The van der Waals surface area contributed by atoms with Gasteiger partial charge in [-0.2, -0.15) is 0 Å². The second-order valence-corrected chi connectivity index (χ2v) is 8.26. The molecule has 1 aromatic heterocycles. The average molecular weight is 449 g/mol. The Morgan fingerprint density at radius 3 is 2.47 bits per heavy atom. The molecule has 3 aromatic carbocycles. The highest BCUT2D eigenvalue weighted by Gasteiger charge is 2.25. The number of carbonyl (C=O) groups is 2. The van der Waals surface area contributed by atoms with Crippen LogP contribution >= 0.6 is 0 Å². The molecule has 0 spiro atoms. The number of rotatable bonds is 4. The van der Waals surface area contributed by atoms with Gasteiger partial charge in [-0.05, 0) is 66.4 Å². The van der Waals surface area contributed by atoms with Crippen LogP contribution in [0, 0.1) is 6.92 Å². The number of benzene rings is 3. The summed E-state index contributed by atoms with van der Waals surface area (Å²) in [6.45, 7) is 2.61. The average Bonchev–Trinajstić information content (AvgIpc) is 3.29. The molecule has 5 rings (SSSR count). The molecule has 0 fully saturated rings. The SMILES string of the molecule is Cc1ccc(-c2ccccc2C(=O)Nc2ccc3c(c2)CCN3C(=O)Nc2ccccn2)cc1. The summed E-state index contributed by atoms with van der Waals surface area (Å²) < 4.78 is 0. The summed E-state index contributed by atoms with van der Waals surface area (Å²) in [6, 6.07) is 26.5. The Kier molecular flexibility index (Phi) is 5.79. The molecule has 0 aliphatic carbocycles. The number of anilines is 3. The first-order chi connectivity index (χ1) is 16.6. The zero-order valence-electron chi connectivity index (χ0n) is 18.8. The molecule has 0 atom stereocenters. The first-order valence-electron chi connectivity index (χ1n) is 11.2. The summed E-state index contributed by atoms with van der Waals surface area (Å²) in [7, 11) is 0. The lowest BCUT2D eigenvalue weighted by Gasteiger charge is -2.18. The molecule has 0 unspecified atom stereocenters. The molecule has 0 saturated carbocycles. The number of amides is 3. The van der Waals surface area contributed by atoms with Crippen molar-refractivity contribution in [1.29, 1.82) is 0 Å². The van der Waals surface area contributed by atoms with Gasteiger partial charge in [-0.3, -0.25) is 15.0 Å². The molecular formula is C28H24N4O2. The molecule has 0 radical (unpaired) electrons. The molecule has 0 saturated heterocycles. The zero-order chi connectivity index (χ0) is 23.5. The zero-order valence-corrected chi connectivity index (χ0v) is 18.8. The van der Waals surface area contributed by atoms with Crippen molar-refractivity contribution in [3.63, 3.8) is 0 Å². The number of nitrogens with one attached hydrogen (secondary N) is 2. The van der Waals surface area contributed by atoms with Gasteiger partial charge >= 0.3 is 6.03 Å². The lowest BCUT2D eigenvalue weighted by atomic mass is 9.98. The molecule has 6 heteroatoms. The summed E-state index contributed by atoms with van der Waals surface area (Å²) in [5.74, 6) is 0.343. The highest BCUT2D eigenvalue weighted by Crippen LogP contribution is 2.32. The molecule has 3 amide bonds. The number of nitrogens with zero attached hydrogens (tertiary/aromatic N) is 2. The Morgan fingerprint density at radius 2 is 1.68 bits per heavy atom. The van der Waals surface area contributed by atoms with Crippen LogP contribution < -0.4 is 15.5 Å². The predicted molar refractivity (Wildman–Crippen MR) is 135 cm³/mol. The summed E-state index contributed by atoms with van der Waals surface area (Å²) >= 11 is 0. The molecule has 2 N–H and O–H groups in total. The second kappa shape index (κ2) is 9.19. The van der Waals surface area contributed by atoms with Gasteiger partial charge in [0.05, 0.1) is 0 Å². The number of carbonyl (C=O) groups excluding carboxylic acids is 2. The van der Waals surface area contributed by atoms with Crippen LogP contribution in [-0.4, -0.2) is 23.5 Å². The van der Waals surface area contributed by atoms with E-state index in [1.54, 1.807) is 23.2 Å². The van der Waals surface area contributed by atoms with Crippen molar-refractivity contribution >= 4 is 29.1 Å². The molecule has 6 nitrogen and oxygen atoms in total. The highest BCUT2D eigenvalue weighted by atomic mass is 16.2. The second-order valence-electron chi connectivity index (χ2n) is 8.26.